The Balaban J connectivity index is 2.51. The van der Waals surface area contributed by atoms with E-state index in [-0.39, 0.29) is 10.5 Å². The van der Waals surface area contributed by atoms with Crippen LogP contribution in [0.3, 0.4) is 0 Å². The molecular weight excluding hydrogens is 306 g/mol. The normalized spacial score (nSPS) is 12.7. The van der Waals surface area contributed by atoms with E-state index in [1.54, 1.807) is 30.3 Å². The molecule has 2 aromatic carbocycles. The SMILES string of the molecule is O=C(C(=Cc1ccccc1)[N+](=O)[O-])c1ccccc1S(=O)[O-]. The van der Waals surface area contributed by atoms with Crippen LogP contribution in [0.1, 0.15) is 15.9 Å². The van der Waals surface area contributed by atoms with Gasteiger partial charge in [-0.1, -0.05) is 42.5 Å². The van der Waals surface area contributed by atoms with Crippen molar-refractivity contribution in [1.82, 2.24) is 0 Å². The summed E-state index contributed by atoms with van der Waals surface area (Å²) in [7, 11) is 0. The first-order valence-corrected chi connectivity index (χ1v) is 7.22. The number of rotatable bonds is 5. The third-order valence-electron chi connectivity index (χ3n) is 2.84. The van der Waals surface area contributed by atoms with Crippen LogP contribution in [0.5, 0.6) is 0 Å². The zero-order chi connectivity index (χ0) is 16.1. The van der Waals surface area contributed by atoms with E-state index in [0.717, 1.165) is 6.08 Å². The lowest BCUT2D eigenvalue weighted by Crippen LogP contribution is -2.14. The number of nitrogens with zero attached hydrogens (tertiary/aromatic N) is 1. The van der Waals surface area contributed by atoms with Crippen LogP contribution in [-0.2, 0) is 11.1 Å². The van der Waals surface area contributed by atoms with E-state index < -0.39 is 27.5 Å². The van der Waals surface area contributed by atoms with E-state index in [1.165, 1.54) is 24.3 Å². The van der Waals surface area contributed by atoms with Crippen molar-refractivity contribution < 1.29 is 18.5 Å². The molecule has 0 aliphatic rings. The molecule has 2 aromatic rings. The molecule has 0 aliphatic carbocycles. The van der Waals surface area contributed by atoms with Gasteiger partial charge in [0.25, 0.3) is 5.78 Å². The van der Waals surface area contributed by atoms with E-state index >= 15 is 0 Å². The quantitative estimate of drug-likeness (QED) is 0.277. The summed E-state index contributed by atoms with van der Waals surface area (Å²) in [4.78, 5) is 22.4. The number of carbonyl (C=O) groups excluding carboxylic acids is 1. The van der Waals surface area contributed by atoms with E-state index in [9.17, 15) is 23.7 Å². The molecule has 0 aliphatic heterocycles. The number of benzene rings is 2. The molecule has 1 atom stereocenters. The van der Waals surface area contributed by atoms with Crippen molar-refractivity contribution in [2.75, 3.05) is 0 Å². The minimum absolute atomic E-state index is 0.227. The second-order valence-electron chi connectivity index (χ2n) is 4.26. The van der Waals surface area contributed by atoms with Crippen LogP contribution in [0.15, 0.2) is 65.2 Å². The van der Waals surface area contributed by atoms with Crippen molar-refractivity contribution in [2.45, 2.75) is 4.90 Å². The predicted molar refractivity (Wildman–Crippen MR) is 79.4 cm³/mol. The average molecular weight is 316 g/mol. The zero-order valence-electron chi connectivity index (χ0n) is 11.2. The monoisotopic (exact) mass is 316 g/mol. The van der Waals surface area contributed by atoms with Crippen molar-refractivity contribution in [3.05, 3.63) is 81.5 Å². The zero-order valence-corrected chi connectivity index (χ0v) is 12.0. The van der Waals surface area contributed by atoms with Gasteiger partial charge in [0.15, 0.2) is 0 Å². The molecular formula is C15H10NO5S-. The Morgan fingerprint density at radius 2 is 1.64 bits per heavy atom. The Labute approximate surface area is 128 Å². The highest BCUT2D eigenvalue weighted by Gasteiger charge is 2.25. The first-order valence-electron chi connectivity index (χ1n) is 6.15. The maximum atomic E-state index is 12.3. The van der Waals surface area contributed by atoms with Gasteiger partial charge in [-0.05, 0) is 28.8 Å². The topological polar surface area (TPSA) is 100 Å². The smallest absolute Gasteiger partial charge is 0.317 e. The van der Waals surface area contributed by atoms with E-state index in [2.05, 4.69) is 0 Å². The second-order valence-corrected chi connectivity index (χ2v) is 5.17. The summed E-state index contributed by atoms with van der Waals surface area (Å²) in [5, 5.41) is 11.2. The van der Waals surface area contributed by atoms with Crippen LogP contribution in [0, 0.1) is 10.1 Å². The van der Waals surface area contributed by atoms with Gasteiger partial charge in [0, 0.05) is 16.5 Å². The lowest BCUT2D eigenvalue weighted by Gasteiger charge is -2.09. The van der Waals surface area contributed by atoms with Crippen molar-refractivity contribution in [2.24, 2.45) is 0 Å². The summed E-state index contributed by atoms with van der Waals surface area (Å²) in [5.41, 5.74) is -0.443. The van der Waals surface area contributed by atoms with Gasteiger partial charge in [-0.15, -0.1) is 0 Å². The van der Waals surface area contributed by atoms with Gasteiger partial charge in [0.1, 0.15) is 0 Å². The summed E-state index contributed by atoms with van der Waals surface area (Å²) < 4.78 is 22.3. The lowest BCUT2D eigenvalue weighted by molar-refractivity contribution is -0.415. The number of carbonyl (C=O) groups is 1. The molecule has 6 nitrogen and oxygen atoms in total. The van der Waals surface area contributed by atoms with Gasteiger partial charge in [-0.2, -0.15) is 0 Å². The molecule has 0 amide bonds. The molecule has 2 rings (SSSR count). The van der Waals surface area contributed by atoms with Crippen LogP contribution in [0.25, 0.3) is 6.08 Å². The third-order valence-corrected chi connectivity index (χ3v) is 3.56. The number of allylic oxidation sites excluding steroid dienone is 1. The molecule has 7 heteroatoms. The molecule has 0 spiro atoms. The minimum atomic E-state index is -2.66. The van der Waals surface area contributed by atoms with Crippen molar-refractivity contribution in [3.63, 3.8) is 0 Å². The standard InChI is InChI=1S/C15H11NO5S/c17-15(12-8-4-5-9-14(12)22(20)21)13(16(18)19)10-11-6-2-1-3-7-11/h1-10H,(H,20,21)/p-1. The highest BCUT2D eigenvalue weighted by molar-refractivity contribution is 7.79. The highest BCUT2D eigenvalue weighted by Crippen LogP contribution is 2.19. The third kappa shape index (κ3) is 3.51. The molecule has 0 aromatic heterocycles. The molecule has 1 unspecified atom stereocenters. The molecule has 0 N–H and O–H groups in total. The lowest BCUT2D eigenvalue weighted by atomic mass is 10.1. The average Bonchev–Trinajstić information content (AvgIpc) is 2.52. The van der Waals surface area contributed by atoms with Crippen LogP contribution in [0.4, 0.5) is 0 Å². The van der Waals surface area contributed by atoms with Gasteiger partial charge < -0.3 is 4.55 Å². The van der Waals surface area contributed by atoms with E-state index in [4.69, 9.17) is 0 Å². The fraction of sp³-hybridized carbons (Fsp3) is 0. The summed E-state index contributed by atoms with van der Waals surface area (Å²) in [6.45, 7) is 0. The molecule has 0 fully saturated rings. The van der Waals surface area contributed by atoms with Crippen LogP contribution < -0.4 is 0 Å². The summed E-state index contributed by atoms with van der Waals surface area (Å²) in [6, 6.07) is 13.7. The molecule has 0 saturated heterocycles. The summed E-state index contributed by atoms with van der Waals surface area (Å²) >= 11 is -2.66. The summed E-state index contributed by atoms with van der Waals surface area (Å²) in [6.07, 6.45) is 1.12. The first kappa shape index (κ1) is 15.7. The van der Waals surface area contributed by atoms with Crippen LogP contribution in [0.2, 0.25) is 0 Å². The van der Waals surface area contributed by atoms with Crippen molar-refractivity contribution in [3.8, 4) is 0 Å². The Kier molecular flexibility index (Phi) is 4.92. The first-order chi connectivity index (χ1) is 10.5. The Morgan fingerprint density at radius 1 is 1.05 bits per heavy atom. The number of hydrogen-bond donors (Lipinski definition) is 0. The summed E-state index contributed by atoms with van der Waals surface area (Å²) in [5.74, 6) is -0.950. The van der Waals surface area contributed by atoms with Crippen molar-refractivity contribution >= 4 is 22.9 Å². The van der Waals surface area contributed by atoms with Gasteiger partial charge in [0.05, 0.1) is 4.92 Å². The van der Waals surface area contributed by atoms with Gasteiger partial charge in [-0.25, -0.2) is 0 Å². The molecule has 0 heterocycles. The van der Waals surface area contributed by atoms with E-state index in [1.807, 2.05) is 0 Å². The Bertz CT molecular complexity index is 771. The second kappa shape index (κ2) is 6.88. The molecule has 112 valence electrons. The Hall–Kier alpha value is -2.64. The molecule has 0 saturated carbocycles. The van der Waals surface area contributed by atoms with Crippen LogP contribution >= 0.6 is 0 Å². The van der Waals surface area contributed by atoms with Gasteiger partial charge in [-0.3, -0.25) is 19.1 Å². The Morgan fingerprint density at radius 3 is 2.23 bits per heavy atom. The number of Topliss-reactive ketones (excluding diaryl/α,β-unsaturated/α-hetero) is 1. The van der Waals surface area contributed by atoms with Crippen LogP contribution in [-0.4, -0.2) is 19.5 Å². The maximum absolute atomic E-state index is 12.3. The minimum Gasteiger partial charge on any atom is -0.768 e. The number of nitro groups is 1. The fourth-order valence-corrected chi connectivity index (χ4v) is 2.38. The number of hydrogen-bond acceptors (Lipinski definition) is 5. The molecule has 0 radical (unpaired) electrons. The van der Waals surface area contributed by atoms with Crippen molar-refractivity contribution in [1.29, 1.82) is 0 Å². The predicted octanol–water partition coefficient (Wildman–Crippen LogP) is 2.43. The fourth-order valence-electron chi connectivity index (χ4n) is 1.85. The van der Waals surface area contributed by atoms with Gasteiger partial charge in [0.2, 0.25) is 0 Å². The molecule has 22 heavy (non-hydrogen) atoms. The largest absolute Gasteiger partial charge is 0.768 e. The van der Waals surface area contributed by atoms with Gasteiger partial charge >= 0.3 is 5.70 Å². The molecule has 0 bridgehead atoms. The number of ketones is 1. The highest BCUT2D eigenvalue weighted by atomic mass is 32.2. The maximum Gasteiger partial charge on any atom is 0.317 e. The van der Waals surface area contributed by atoms with E-state index in [0.29, 0.717) is 5.56 Å².